The molecule has 0 atom stereocenters. The van der Waals surface area contributed by atoms with Crippen LogP contribution in [0.15, 0.2) is 55.4 Å². The normalized spacial score (nSPS) is 9.33. The molecule has 0 saturated carbocycles. The lowest BCUT2D eigenvalue weighted by Gasteiger charge is -1.82. The van der Waals surface area contributed by atoms with Gasteiger partial charge in [-0.2, -0.15) is 0 Å². The van der Waals surface area contributed by atoms with Gasteiger partial charge in [0.05, 0.1) is 11.0 Å². The SMILES string of the molecule is c1cnc2cc[nH]c2c1.c1cncnc1. The second-order valence-corrected chi connectivity index (χ2v) is 2.82. The molecule has 0 spiro atoms. The number of pyridine rings is 1. The van der Waals surface area contributed by atoms with Crippen LogP contribution in [0, 0.1) is 0 Å². The van der Waals surface area contributed by atoms with E-state index in [-0.39, 0.29) is 0 Å². The van der Waals surface area contributed by atoms with Gasteiger partial charge in [0.15, 0.2) is 0 Å². The zero-order valence-corrected chi connectivity index (χ0v) is 8.04. The molecule has 3 aromatic heterocycles. The quantitative estimate of drug-likeness (QED) is 0.601. The van der Waals surface area contributed by atoms with Crippen molar-refractivity contribution < 1.29 is 0 Å². The zero-order chi connectivity index (χ0) is 10.3. The molecule has 0 aliphatic rings. The van der Waals surface area contributed by atoms with E-state index in [0.717, 1.165) is 11.0 Å². The van der Waals surface area contributed by atoms with E-state index in [1.165, 1.54) is 6.33 Å². The highest BCUT2D eigenvalue weighted by atomic mass is 14.8. The first kappa shape index (κ1) is 9.33. The van der Waals surface area contributed by atoms with Gasteiger partial charge in [0, 0.05) is 24.8 Å². The molecule has 0 aliphatic carbocycles. The van der Waals surface area contributed by atoms with Gasteiger partial charge in [-0.15, -0.1) is 0 Å². The van der Waals surface area contributed by atoms with Crippen molar-refractivity contribution in [2.75, 3.05) is 0 Å². The smallest absolute Gasteiger partial charge is 0.115 e. The summed E-state index contributed by atoms with van der Waals surface area (Å²) in [6.07, 6.45) is 8.55. The molecule has 0 radical (unpaired) electrons. The number of nitrogens with zero attached hydrogens (tertiary/aromatic N) is 3. The van der Waals surface area contributed by atoms with Crippen molar-refractivity contribution in [1.82, 2.24) is 19.9 Å². The van der Waals surface area contributed by atoms with Gasteiger partial charge in [-0.3, -0.25) is 4.98 Å². The molecule has 4 heteroatoms. The lowest BCUT2D eigenvalue weighted by molar-refractivity contribution is 1.17. The van der Waals surface area contributed by atoms with Gasteiger partial charge in [0.2, 0.25) is 0 Å². The fourth-order valence-corrected chi connectivity index (χ4v) is 1.14. The second-order valence-electron chi connectivity index (χ2n) is 2.82. The minimum atomic E-state index is 1.03. The number of hydrogen-bond acceptors (Lipinski definition) is 3. The number of rotatable bonds is 0. The van der Waals surface area contributed by atoms with Gasteiger partial charge < -0.3 is 4.98 Å². The molecule has 0 saturated heterocycles. The van der Waals surface area contributed by atoms with Crippen LogP contribution in [-0.4, -0.2) is 19.9 Å². The topological polar surface area (TPSA) is 54.5 Å². The Morgan fingerprint density at radius 3 is 2.40 bits per heavy atom. The molecule has 0 aliphatic heterocycles. The summed E-state index contributed by atoms with van der Waals surface area (Å²) in [6, 6.07) is 7.65. The van der Waals surface area contributed by atoms with E-state index in [4.69, 9.17) is 0 Å². The molecule has 0 fully saturated rings. The predicted octanol–water partition coefficient (Wildman–Crippen LogP) is 2.04. The molecule has 0 aromatic carbocycles. The summed E-state index contributed by atoms with van der Waals surface area (Å²) in [5, 5.41) is 0. The van der Waals surface area contributed by atoms with Crippen molar-refractivity contribution in [2.45, 2.75) is 0 Å². The molecule has 3 heterocycles. The first-order valence-electron chi connectivity index (χ1n) is 4.55. The van der Waals surface area contributed by atoms with Crippen molar-refractivity contribution in [3.05, 3.63) is 55.4 Å². The van der Waals surface area contributed by atoms with E-state index in [0.29, 0.717) is 0 Å². The van der Waals surface area contributed by atoms with Crippen molar-refractivity contribution >= 4 is 11.0 Å². The minimum absolute atomic E-state index is 1.03. The van der Waals surface area contributed by atoms with E-state index < -0.39 is 0 Å². The molecule has 15 heavy (non-hydrogen) atoms. The average Bonchev–Trinajstić information content (AvgIpc) is 2.80. The Balaban J connectivity index is 0.000000124. The number of H-pyrrole nitrogens is 1. The van der Waals surface area contributed by atoms with Crippen LogP contribution in [0.2, 0.25) is 0 Å². The summed E-state index contributed by atoms with van der Waals surface area (Å²) in [5.74, 6) is 0. The molecule has 74 valence electrons. The first-order chi connectivity index (χ1) is 7.47. The van der Waals surface area contributed by atoms with E-state index in [9.17, 15) is 0 Å². The third-order valence-electron chi connectivity index (χ3n) is 1.80. The van der Waals surface area contributed by atoms with Crippen LogP contribution < -0.4 is 0 Å². The van der Waals surface area contributed by atoms with E-state index in [1.807, 2.05) is 24.4 Å². The number of aromatic nitrogens is 4. The zero-order valence-electron chi connectivity index (χ0n) is 8.04. The van der Waals surface area contributed by atoms with Gasteiger partial charge >= 0.3 is 0 Å². The number of aromatic amines is 1. The Labute approximate surface area is 87.0 Å². The molecule has 3 rings (SSSR count). The van der Waals surface area contributed by atoms with Crippen LogP contribution in [0.4, 0.5) is 0 Å². The lowest BCUT2D eigenvalue weighted by Crippen LogP contribution is -1.68. The molecule has 1 N–H and O–H groups in total. The molecule has 3 aromatic rings. The average molecular weight is 198 g/mol. The van der Waals surface area contributed by atoms with E-state index in [2.05, 4.69) is 19.9 Å². The van der Waals surface area contributed by atoms with Crippen molar-refractivity contribution in [3.8, 4) is 0 Å². The molecular weight excluding hydrogens is 188 g/mol. The summed E-state index contributed by atoms with van der Waals surface area (Å²) in [5.41, 5.74) is 2.12. The van der Waals surface area contributed by atoms with Crippen LogP contribution in [-0.2, 0) is 0 Å². The third kappa shape index (κ3) is 2.60. The number of hydrogen-bond donors (Lipinski definition) is 1. The van der Waals surface area contributed by atoms with Crippen LogP contribution >= 0.6 is 0 Å². The summed E-state index contributed by atoms with van der Waals surface area (Å²) in [4.78, 5) is 14.5. The fraction of sp³-hybridized carbons (Fsp3) is 0. The Hall–Kier alpha value is -2.23. The van der Waals surface area contributed by atoms with Gasteiger partial charge in [-0.05, 0) is 24.3 Å². The van der Waals surface area contributed by atoms with Crippen LogP contribution in [0.1, 0.15) is 0 Å². The Bertz CT molecular complexity index is 447. The molecule has 0 amide bonds. The maximum atomic E-state index is 4.11. The highest BCUT2D eigenvalue weighted by molar-refractivity contribution is 5.73. The highest BCUT2D eigenvalue weighted by Gasteiger charge is 1.88. The maximum Gasteiger partial charge on any atom is 0.115 e. The van der Waals surface area contributed by atoms with Gasteiger partial charge in [-0.1, -0.05) is 0 Å². The lowest BCUT2D eigenvalue weighted by atomic mass is 10.4. The third-order valence-corrected chi connectivity index (χ3v) is 1.80. The second kappa shape index (κ2) is 4.85. The molecule has 0 unspecified atom stereocenters. The summed E-state index contributed by atoms with van der Waals surface area (Å²) < 4.78 is 0. The van der Waals surface area contributed by atoms with Crippen LogP contribution in [0.25, 0.3) is 11.0 Å². The first-order valence-corrected chi connectivity index (χ1v) is 4.55. The minimum Gasteiger partial charge on any atom is -0.360 e. The summed E-state index contributed by atoms with van der Waals surface area (Å²) >= 11 is 0. The summed E-state index contributed by atoms with van der Waals surface area (Å²) in [6.45, 7) is 0. The van der Waals surface area contributed by atoms with Crippen molar-refractivity contribution in [3.63, 3.8) is 0 Å². The van der Waals surface area contributed by atoms with Gasteiger partial charge in [-0.25, -0.2) is 9.97 Å². The Morgan fingerprint density at radius 1 is 0.933 bits per heavy atom. The van der Waals surface area contributed by atoms with E-state index in [1.54, 1.807) is 24.7 Å². The Morgan fingerprint density at radius 2 is 1.80 bits per heavy atom. The monoisotopic (exact) mass is 198 g/mol. The van der Waals surface area contributed by atoms with Gasteiger partial charge in [0.25, 0.3) is 0 Å². The number of fused-ring (bicyclic) bond motifs is 1. The van der Waals surface area contributed by atoms with Crippen LogP contribution in [0.5, 0.6) is 0 Å². The molecule has 0 bridgehead atoms. The maximum absolute atomic E-state index is 4.11. The largest absolute Gasteiger partial charge is 0.360 e. The number of nitrogens with one attached hydrogen (secondary N) is 1. The standard InChI is InChI=1S/C7H6N2.C4H4N2/c1-2-6-7(8-4-1)3-5-9-6;1-2-5-4-6-3-1/h1-5,9H;1-4H. The fourth-order valence-electron chi connectivity index (χ4n) is 1.14. The van der Waals surface area contributed by atoms with Crippen LogP contribution in [0.3, 0.4) is 0 Å². The predicted molar refractivity (Wildman–Crippen MR) is 58.1 cm³/mol. The van der Waals surface area contributed by atoms with Gasteiger partial charge in [0.1, 0.15) is 6.33 Å². The van der Waals surface area contributed by atoms with E-state index >= 15 is 0 Å². The summed E-state index contributed by atoms with van der Waals surface area (Å²) in [7, 11) is 0. The van der Waals surface area contributed by atoms with Crippen molar-refractivity contribution in [2.24, 2.45) is 0 Å². The highest BCUT2D eigenvalue weighted by Crippen LogP contribution is 2.05. The van der Waals surface area contributed by atoms with Crippen molar-refractivity contribution in [1.29, 1.82) is 0 Å². The molecular formula is C11H10N4. The Kier molecular flexibility index (Phi) is 3.02. The molecule has 4 nitrogen and oxygen atoms in total.